The predicted molar refractivity (Wildman–Crippen MR) is 49.2 cm³/mol. The van der Waals surface area contributed by atoms with Gasteiger partial charge in [-0.25, -0.2) is 9.59 Å². The third kappa shape index (κ3) is 2.08. The van der Waals surface area contributed by atoms with Crippen molar-refractivity contribution >= 4 is 17.7 Å². The molecule has 0 spiro atoms. The lowest BCUT2D eigenvalue weighted by atomic mass is 10.1. The van der Waals surface area contributed by atoms with Gasteiger partial charge in [-0.15, -0.1) is 0 Å². The quantitative estimate of drug-likeness (QED) is 0.451. The lowest BCUT2D eigenvalue weighted by molar-refractivity contribution is -0.137. The van der Waals surface area contributed by atoms with Crippen molar-refractivity contribution in [1.29, 1.82) is 0 Å². The molecule has 0 aliphatic carbocycles. The van der Waals surface area contributed by atoms with Crippen molar-refractivity contribution in [2.24, 2.45) is 0 Å². The smallest absolute Gasteiger partial charge is 0.379 e. The summed E-state index contributed by atoms with van der Waals surface area (Å²) in [6.07, 6.45) is 0. The number of carbonyl (C=O) groups is 3. The van der Waals surface area contributed by atoms with Gasteiger partial charge in [0.1, 0.15) is 11.3 Å². The molecule has 0 saturated carbocycles. The lowest BCUT2D eigenvalue weighted by Gasteiger charge is -1.99. The van der Waals surface area contributed by atoms with Gasteiger partial charge in [0.25, 0.3) is 5.78 Å². The zero-order chi connectivity index (χ0) is 12.3. The lowest BCUT2D eigenvalue weighted by Crippen LogP contribution is -2.20. The molecule has 1 N–H and O–H groups in total. The molecule has 0 bridgehead atoms. The van der Waals surface area contributed by atoms with Crippen molar-refractivity contribution in [3.63, 3.8) is 0 Å². The minimum absolute atomic E-state index is 0.0251. The van der Waals surface area contributed by atoms with Gasteiger partial charge in [-0.2, -0.15) is 0 Å². The fourth-order valence-corrected chi connectivity index (χ4v) is 1.08. The molecule has 0 fully saturated rings. The Labute approximate surface area is 90.0 Å². The molecule has 7 heteroatoms. The monoisotopic (exact) mass is 227 g/mol. The highest BCUT2D eigenvalue weighted by Gasteiger charge is 2.30. The van der Waals surface area contributed by atoms with Gasteiger partial charge in [-0.1, -0.05) is 5.16 Å². The Balaban J connectivity index is 3.12. The summed E-state index contributed by atoms with van der Waals surface area (Å²) in [5.41, 5.74) is -0.957. The maximum Gasteiger partial charge on any atom is 0.379 e. The number of aromatic carboxylic acids is 1. The number of carbonyl (C=O) groups excluding carboxylic acids is 2. The maximum absolute atomic E-state index is 11.5. The molecule has 0 amide bonds. The summed E-state index contributed by atoms with van der Waals surface area (Å²) in [7, 11) is 0. The number of hydrogen-bond donors (Lipinski definition) is 1. The Morgan fingerprint density at radius 3 is 2.56 bits per heavy atom. The first-order chi connectivity index (χ1) is 7.49. The SMILES string of the molecule is CCOC(=O)C(=O)c1c(C(=O)O)noc1C. The van der Waals surface area contributed by atoms with Gasteiger partial charge in [0.05, 0.1) is 6.61 Å². The van der Waals surface area contributed by atoms with Crippen LogP contribution in [-0.2, 0) is 9.53 Å². The van der Waals surface area contributed by atoms with Crippen LogP contribution in [0.1, 0.15) is 33.5 Å². The molecule has 0 aliphatic rings. The highest BCUT2D eigenvalue weighted by Crippen LogP contribution is 2.14. The van der Waals surface area contributed by atoms with E-state index in [0.29, 0.717) is 0 Å². The first-order valence-electron chi connectivity index (χ1n) is 4.40. The number of carboxylic acid groups (broad SMARTS) is 1. The summed E-state index contributed by atoms with van der Waals surface area (Å²) in [6.45, 7) is 2.90. The van der Waals surface area contributed by atoms with Crippen molar-refractivity contribution in [3.05, 3.63) is 17.0 Å². The average Bonchev–Trinajstić information content (AvgIpc) is 2.59. The normalized spacial score (nSPS) is 9.88. The third-order valence-corrected chi connectivity index (χ3v) is 1.75. The van der Waals surface area contributed by atoms with Crippen LogP contribution in [0.4, 0.5) is 0 Å². The number of ketones is 1. The fourth-order valence-electron chi connectivity index (χ4n) is 1.08. The van der Waals surface area contributed by atoms with Crippen molar-refractivity contribution in [2.45, 2.75) is 13.8 Å². The van der Waals surface area contributed by atoms with Gasteiger partial charge in [0.2, 0.25) is 5.69 Å². The number of rotatable bonds is 4. The predicted octanol–water partition coefficient (Wildman–Crippen LogP) is 0.427. The van der Waals surface area contributed by atoms with E-state index in [1.165, 1.54) is 13.8 Å². The Hall–Kier alpha value is -2.18. The molecular formula is C9H9NO6. The molecule has 1 aromatic heterocycles. The van der Waals surface area contributed by atoms with Crippen molar-refractivity contribution in [1.82, 2.24) is 5.16 Å². The van der Waals surface area contributed by atoms with Gasteiger partial charge in [-0.05, 0) is 13.8 Å². The molecule has 1 rings (SSSR count). The number of esters is 1. The van der Waals surface area contributed by atoms with E-state index < -0.39 is 23.4 Å². The number of hydrogen-bond acceptors (Lipinski definition) is 6. The van der Waals surface area contributed by atoms with E-state index in [1.54, 1.807) is 0 Å². The van der Waals surface area contributed by atoms with Crippen molar-refractivity contribution < 1.29 is 28.8 Å². The highest BCUT2D eigenvalue weighted by atomic mass is 16.5. The summed E-state index contributed by atoms with van der Waals surface area (Å²) in [5.74, 6) is -3.67. The van der Waals surface area contributed by atoms with Crippen LogP contribution < -0.4 is 0 Å². The van der Waals surface area contributed by atoms with E-state index in [9.17, 15) is 14.4 Å². The van der Waals surface area contributed by atoms with E-state index in [-0.39, 0.29) is 17.9 Å². The molecule has 0 saturated heterocycles. The minimum Gasteiger partial charge on any atom is -0.476 e. The molecule has 1 heterocycles. The van der Waals surface area contributed by atoms with Gasteiger partial charge < -0.3 is 14.4 Å². The zero-order valence-corrected chi connectivity index (χ0v) is 8.64. The van der Waals surface area contributed by atoms with E-state index in [2.05, 4.69) is 14.4 Å². The Bertz CT molecular complexity index is 447. The number of aromatic nitrogens is 1. The van der Waals surface area contributed by atoms with Gasteiger partial charge >= 0.3 is 11.9 Å². The zero-order valence-electron chi connectivity index (χ0n) is 8.64. The number of nitrogens with zero attached hydrogens (tertiary/aromatic N) is 1. The fraction of sp³-hybridized carbons (Fsp3) is 0.333. The topological polar surface area (TPSA) is 107 Å². The second-order valence-corrected chi connectivity index (χ2v) is 2.82. The summed E-state index contributed by atoms with van der Waals surface area (Å²) in [6, 6.07) is 0. The summed E-state index contributed by atoms with van der Waals surface area (Å²) >= 11 is 0. The summed E-state index contributed by atoms with van der Waals surface area (Å²) < 4.78 is 9.01. The van der Waals surface area contributed by atoms with Crippen LogP contribution in [0.2, 0.25) is 0 Å². The second-order valence-electron chi connectivity index (χ2n) is 2.82. The Morgan fingerprint density at radius 1 is 1.44 bits per heavy atom. The van der Waals surface area contributed by atoms with Crippen LogP contribution >= 0.6 is 0 Å². The standard InChI is InChI=1S/C9H9NO6/c1-3-15-9(14)7(11)5-4(2)16-10-6(5)8(12)13/h3H2,1-2H3,(H,12,13). The molecule has 1 aromatic rings. The molecule has 16 heavy (non-hydrogen) atoms. The van der Waals surface area contributed by atoms with Crippen LogP contribution in [0.5, 0.6) is 0 Å². The van der Waals surface area contributed by atoms with Crippen LogP contribution in [0, 0.1) is 6.92 Å². The molecule has 0 unspecified atom stereocenters. The first kappa shape index (κ1) is 11.9. The third-order valence-electron chi connectivity index (χ3n) is 1.75. The number of aryl methyl sites for hydroxylation is 1. The molecule has 0 aromatic carbocycles. The second kappa shape index (κ2) is 4.56. The summed E-state index contributed by atoms with van der Waals surface area (Å²) in [4.78, 5) is 33.3. The van der Waals surface area contributed by atoms with Crippen LogP contribution in [-0.4, -0.2) is 34.6 Å². The van der Waals surface area contributed by atoms with Crippen LogP contribution in [0.15, 0.2) is 4.52 Å². The maximum atomic E-state index is 11.5. The largest absolute Gasteiger partial charge is 0.476 e. The van der Waals surface area contributed by atoms with Gasteiger partial charge in [0, 0.05) is 0 Å². The van der Waals surface area contributed by atoms with E-state index in [4.69, 9.17) is 5.11 Å². The van der Waals surface area contributed by atoms with E-state index >= 15 is 0 Å². The highest BCUT2D eigenvalue weighted by molar-refractivity contribution is 6.42. The minimum atomic E-state index is -1.44. The number of ether oxygens (including phenoxy) is 1. The molecule has 7 nitrogen and oxygen atoms in total. The van der Waals surface area contributed by atoms with E-state index in [0.717, 1.165) is 0 Å². The Kier molecular flexibility index (Phi) is 3.39. The molecule has 0 radical (unpaired) electrons. The van der Waals surface area contributed by atoms with Crippen LogP contribution in [0.25, 0.3) is 0 Å². The Morgan fingerprint density at radius 2 is 2.06 bits per heavy atom. The van der Waals surface area contributed by atoms with Crippen LogP contribution in [0.3, 0.4) is 0 Å². The number of carboxylic acids is 1. The van der Waals surface area contributed by atoms with Gasteiger partial charge in [-0.3, -0.25) is 4.79 Å². The van der Waals surface area contributed by atoms with Gasteiger partial charge in [0.15, 0.2) is 0 Å². The molecule has 86 valence electrons. The van der Waals surface area contributed by atoms with E-state index in [1.807, 2.05) is 0 Å². The first-order valence-corrected chi connectivity index (χ1v) is 4.40. The number of Topliss-reactive ketones (excluding diaryl/α,β-unsaturated/α-hetero) is 1. The van der Waals surface area contributed by atoms with Crippen molar-refractivity contribution in [3.8, 4) is 0 Å². The molecule has 0 atom stereocenters. The molecular weight excluding hydrogens is 218 g/mol. The average molecular weight is 227 g/mol. The van der Waals surface area contributed by atoms with Crippen molar-refractivity contribution in [2.75, 3.05) is 6.61 Å². The molecule has 0 aliphatic heterocycles. The summed E-state index contributed by atoms with van der Waals surface area (Å²) in [5, 5.41) is 11.9.